The van der Waals surface area contributed by atoms with Crippen LogP contribution in [0.2, 0.25) is 0 Å². The summed E-state index contributed by atoms with van der Waals surface area (Å²) in [6.07, 6.45) is 7.90. The standard InChI is InChI=1S/C11H22OS/c1-2-13-9-11(12)8-10-6-4-3-5-7-10/h10-12H,2-9H2,1H3/t11-/m0/s1. The van der Waals surface area contributed by atoms with E-state index in [0.717, 1.165) is 23.8 Å². The lowest BCUT2D eigenvalue weighted by Crippen LogP contribution is -2.18. The van der Waals surface area contributed by atoms with Crippen LogP contribution in [-0.4, -0.2) is 22.7 Å². The second-order valence-corrected chi connectivity index (χ2v) is 5.37. The molecule has 0 bridgehead atoms. The predicted molar refractivity (Wildman–Crippen MR) is 60.2 cm³/mol. The molecular weight excluding hydrogens is 180 g/mol. The lowest BCUT2D eigenvalue weighted by molar-refractivity contribution is 0.150. The van der Waals surface area contributed by atoms with Gasteiger partial charge in [0.05, 0.1) is 6.10 Å². The highest BCUT2D eigenvalue weighted by Gasteiger charge is 2.16. The van der Waals surface area contributed by atoms with Crippen LogP contribution in [0.1, 0.15) is 45.4 Å². The van der Waals surface area contributed by atoms with Gasteiger partial charge in [0.1, 0.15) is 0 Å². The number of aliphatic hydroxyl groups is 1. The van der Waals surface area contributed by atoms with Crippen molar-refractivity contribution < 1.29 is 5.11 Å². The van der Waals surface area contributed by atoms with E-state index in [2.05, 4.69) is 6.92 Å². The zero-order valence-electron chi connectivity index (χ0n) is 8.67. The van der Waals surface area contributed by atoms with Crippen LogP contribution >= 0.6 is 11.8 Å². The fraction of sp³-hybridized carbons (Fsp3) is 1.00. The van der Waals surface area contributed by atoms with Gasteiger partial charge in [-0.15, -0.1) is 0 Å². The SMILES string of the molecule is CCSC[C@@H](O)CC1CCCCC1. The van der Waals surface area contributed by atoms with Gasteiger partial charge in [0.25, 0.3) is 0 Å². The minimum atomic E-state index is -0.0481. The van der Waals surface area contributed by atoms with Gasteiger partial charge in [0, 0.05) is 5.75 Å². The molecule has 1 nitrogen and oxygen atoms in total. The molecular formula is C11H22OS. The molecule has 1 aliphatic carbocycles. The van der Waals surface area contributed by atoms with Crippen molar-refractivity contribution in [3.05, 3.63) is 0 Å². The van der Waals surface area contributed by atoms with Gasteiger partial charge in [-0.3, -0.25) is 0 Å². The van der Waals surface area contributed by atoms with Crippen LogP contribution in [0.5, 0.6) is 0 Å². The van der Waals surface area contributed by atoms with Crippen LogP contribution in [0.3, 0.4) is 0 Å². The average Bonchev–Trinajstić information content (AvgIpc) is 2.16. The van der Waals surface area contributed by atoms with Crippen LogP contribution in [-0.2, 0) is 0 Å². The first-order chi connectivity index (χ1) is 6.33. The molecule has 0 aromatic rings. The predicted octanol–water partition coefficient (Wildman–Crippen LogP) is 3.07. The molecule has 0 radical (unpaired) electrons. The fourth-order valence-corrected chi connectivity index (χ4v) is 2.77. The Bertz CT molecular complexity index is 121. The summed E-state index contributed by atoms with van der Waals surface area (Å²) in [5.74, 6) is 2.88. The van der Waals surface area contributed by atoms with Gasteiger partial charge in [-0.1, -0.05) is 39.0 Å². The second kappa shape index (κ2) is 6.72. The molecule has 0 unspecified atom stereocenters. The Morgan fingerprint density at radius 2 is 2.00 bits per heavy atom. The van der Waals surface area contributed by atoms with E-state index < -0.39 is 0 Å². The average molecular weight is 202 g/mol. The summed E-state index contributed by atoms with van der Waals surface area (Å²) < 4.78 is 0. The number of hydrogen-bond acceptors (Lipinski definition) is 2. The Hall–Kier alpha value is 0.310. The van der Waals surface area contributed by atoms with Gasteiger partial charge in [-0.25, -0.2) is 0 Å². The molecule has 1 rings (SSSR count). The van der Waals surface area contributed by atoms with Crippen LogP contribution < -0.4 is 0 Å². The summed E-state index contributed by atoms with van der Waals surface area (Å²) in [6, 6.07) is 0. The molecule has 0 aromatic heterocycles. The van der Waals surface area contributed by atoms with E-state index >= 15 is 0 Å². The third-order valence-electron chi connectivity index (χ3n) is 2.84. The molecule has 0 aromatic carbocycles. The quantitative estimate of drug-likeness (QED) is 0.739. The molecule has 78 valence electrons. The Labute approximate surface area is 86.3 Å². The van der Waals surface area contributed by atoms with E-state index in [1.165, 1.54) is 32.1 Å². The van der Waals surface area contributed by atoms with Gasteiger partial charge >= 0.3 is 0 Å². The summed E-state index contributed by atoms with van der Waals surface area (Å²) in [6.45, 7) is 2.15. The van der Waals surface area contributed by atoms with Gasteiger partial charge in [-0.05, 0) is 18.1 Å². The molecule has 0 saturated heterocycles. The Morgan fingerprint density at radius 3 is 2.62 bits per heavy atom. The summed E-state index contributed by atoms with van der Waals surface area (Å²) in [5, 5.41) is 9.71. The summed E-state index contributed by atoms with van der Waals surface area (Å²) >= 11 is 1.85. The lowest BCUT2D eigenvalue weighted by Gasteiger charge is -2.23. The molecule has 0 aliphatic heterocycles. The number of thioether (sulfide) groups is 1. The minimum absolute atomic E-state index is 0.0481. The van der Waals surface area contributed by atoms with Crippen molar-refractivity contribution in [2.45, 2.75) is 51.6 Å². The van der Waals surface area contributed by atoms with E-state index in [0.29, 0.717) is 0 Å². The minimum Gasteiger partial charge on any atom is -0.392 e. The maximum atomic E-state index is 9.71. The summed E-state index contributed by atoms with van der Waals surface area (Å²) in [7, 11) is 0. The van der Waals surface area contributed by atoms with Gasteiger partial charge in [0.15, 0.2) is 0 Å². The first-order valence-corrected chi connectivity index (χ1v) is 6.74. The van der Waals surface area contributed by atoms with Crippen molar-refractivity contribution in [1.29, 1.82) is 0 Å². The van der Waals surface area contributed by atoms with Crippen LogP contribution in [0.4, 0.5) is 0 Å². The Balaban J connectivity index is 2.07. The lowest BCUT2D eigenvalue weighted by atomic mass is 9.86. The molecule has 1 atom stereocenters. The molecule has 13 heavy (non-hydrogen) atoms. The summed E-state index contributed by atoms with van der Waals surface area (Å²) in [4.78, 5) is 0. The first-order valence-electron chi connectivity index (χ1n) is 5.58. The smallest absolute Gasteiger partial charge is 0.0633 e. The normalized spacial score (nSPS) is 21.7. The molecule has 0 heterocycles. The molecule has 0 spiro atoms. The largest absolute Gasteiger partial charge is 0.392 e. The Morgan fingerprint density at radius 1 is 1.31 bits per heavy atom. The van der Waals surface area contributed by atoms with E-state index in [-0.39, 0.29) is 6.10 Å². The van der Waals surface area contributed by atoms with Crippen molar-refractivity contribution in [2.75, 3.05) is 11.5 Å². The Kier molecular flexibility index (Phi) is 5.88. The molecule has 0 amide bonds. The molecule has 1 saturated carbocycles. The van der Waals surface area contributed by atoms with Crippen LogP contribution in [0, 0.1) is 5.92 Å². The maximum absolute atomic E-state index is 9.71. The maximum Gasteiger partial charge on any atom is 0.0633 e. The van der Waals surface area contributed by atoms with E-state index in [1.807, 2.05) is 11.8 Å². The fourth-order valence-electron chi connectivity index (χ4n) is 2.13. The van der Waals surface area contributed by atoms with E-state index in [4.69, 9.17) is 0 Å². The van der Waals surface area contributed by atoms with E-state index in [9.17, 15) is 5.11 Å². The van der Waals surface area contributed by atoms with Crippen molar-refractivity contribution in [3.8, 4) is 0 Å². The third-order valence-corrected chi connectivity index (χ3v) is 3.87. The molecule has 1 N–H and O–H groups in total. The highest BCUT2D eigenvalue weighted by Crippen LogP contribution is 2.27. The van der Waals surface area contributed by atoms with Crippen LogP contribution in [0.25, 0.3) is 0 Å². The highest BCUT2D eigenvalue weighted by molar-refractivity contribution is 7.99. The summed E-state index contributed by atoms with van der Waals surface area (Å²) in [5.41, 5.74) is 0. The third kappa shape index (κ3) is 4.92. The molecule has 2 heteroatoms. The van der Waals surface area contributed by atoms with Gasteiger partial charge in [-0.2, -0.15) is 11.8 Å². The van der Waals surface area contributed by atoms with Crippen molar-refractivity contribution in [1.82, 2.24) is 0 Å². The number of rotatable bonds is 5. The monoisotopic (exact) mass is 202 g/mol. The molecule has 1 fully saturated rings. The second-order valence-electron chi connectivity index (χ2n) is 4.05. The number of hydrogen-bond donors (Lipinski definition) is 1. The zero-order valence-corrected chi connectivity index (χ0v) is 9.48. The van der Waals surface area contributed by atoms with Gasteiger partial charge in [0.2, 0.25) is 0 Å². The number of aliphatic hydroxyl groups excluding tert-OH is 1. The van der Waals surface area contributed by atoms with Crippen molar-refractivity contribution in [2.24, 2.45) is 5.92 Å². The van der Waals surface area contributed by atoms with E-state index in [1.54, 1.807) is 0 Å². The zero-order chi connectivity index (χ0) is 9.52. The van der Waals surface area contributed by atoms with Crippen LogP contribution in [0.15, 0.2) is 0 Å². The highest BCUT2D eigenvalue weighted by atomic mass is 32.2. The topological polar surface area (TPSA) is 20.2 Å². The first kappa shape index (κ1) is 11.4. The molecule has 1 aliphatic rings. The van der Waals surface area contributed by atoms with Crippen molar-refractivity contribution in [3.63, 3.8) is 0 Å². The van der Waals surface area contributed by atoms with Crippen molar-refractivity contribution >= 4 is 11.8 Å². The van der Waals surface area contributed by atoms with Gasteiger partial charge < -0.3 is 5.11 Å².